The number of rotatable bonds is 4. The Labute approximate surface area is 74.9 Å². The van der Waals surface area contributed by atoms with E-state index in [1.807, 2.05) is 0 Å². The van der Waals surface area contributed by atoms with E-state index in [1.54, 1.807) is 0 Å². The second kappa shape index (κ2) is 5.31. The first-order chi connectivity index (χ1) is 5.88. The maximum Gasteiger partial charge on any atom is 0.217 e. The smallest absolute Gasteiger partial charge is 0.217 e. The summed E-state index contributed by atoms with van der Waals surface area (Å²) >= 11 is 0. The van der Waals surface area contributed by atoms with Crippen LogP contribution >= 0.6 is 0 Å². The van der Waals surface area contributed by atoms with Crippen LogP contribution < -0.4 is 0 Å². The number of carbonyl (C=O) groups excluding carboxylic acids is 1. The number of likely N-dealkylation sites (tertiary alicyclic amines) is 1. The third kappa shape index (κ3) is 2.59. The molecule has 69 valence electrons. The van der Waals surface area contributed by atoms with Gasteiger partial charge in [0.1, 0.15) is 0 Å². The average Bonchev–Trinajstić information content (AvgIpc) is 2.15. The van der Waals surface area contributed by atoms with Crippen LogP contribution in [0.5, 0.6) is 0 Å². The minimum atomic E-state index is 0.102. The molecule has 0 aromatic carbocycles. The molecule has 1 atom stereocenters. The molecule has 1 aliphatic rings. The first-order valence-electron chi connectivity index (χ1n) is 5.00. The van der Waals surface area contributed by atoms with Crippen molar-refractivity contribution < 1.29 is 4.79 Å². The van der Waals surface area contributed by atoms with Crippen molar-refractivity contribution in [1.82, 2.24) is 4.90 Å². The molecule has 0 aromatic heterocycles. The number of unbranched alkanes of at least 4 members (excludes halogenated alkanes) is 1. The molecule has 0 spiro atoms. The minimum Gasteiger partial charge on any atom is -0.293 e. The molecule has 1 aliphatic heterocycles. The quantitative estimate of drug-likeness (QED) is 0.637. The fourth-order valence-corrected chi connectivity index (χ4v) is 1.75. The Balaban J connectivity index is 2.31. The number of nitrogens with zero attached hydrogens (tertiary/aromatic N) is 1. The Morgan fingerprint density at radius 3 is 3.00 bits per heavy atom. The summed E-state index contributed by atoms with van der Waals surface area (Å²) in [6, 6.07) is 0.102. The fraction of sp³-hybridized carbons (Fsp3) is 0.900. The van der Waals surface area contributed by atoms with E-state index < -0.39 is 0 Å². The molecule has 1 saturated heterocycles. The topological polar surface area (TPSA) is 20.3 Å². The summed E-state index contributed by atoms with van der Waals surface area (Å²) in [5.41, 5.74) is 0. The summed E-state index contributed by atoms with van der Waals surface area (Å²) in [6.45, 7) is 4.36. The van der Waals surface area contributed by atoms with Crippen LogP contribution in [-0.4, -0.2) is 30.3 Å². The van der Waals surface area contributed by atoms with E-state index in [9.17, 15) is 4.79 Å². The highest BCUT2D eigenvalue weighted by Crippen LogP contribution is 2.15. The Morgan fingerprint density at radius 1 is 1.50 bits per heavy atom. The van der Waals surface area contributed by atoms with Gasteiger partial charge in [0, 0.05) is 0 Å². The van der Waals surface area contributed by atoms with Crippen LogP contribution in [0.1, 0.15) is 39.0 Å². The normalized spacial score (nSPS) is 25.6. The molecule has 1 rings (SSSR count). The van der Waals surface area contributed by atoms with E-state index in [0.29, 0.717) is 0 Å². The van der Waals surface area contributed by atoms with E-state index in [0.717, 1.165) is 19.5 Å². The molecule has 1 radical (unpaired) electrons. The molecule has 0 aliphatic carbocycles. The monoisotopic (exact) mass is 168 g/mol. The zero-order valence-corrected chi connectivity index (χ0v) is 7.88. The van der Waals surface area contributed by atoms with Gasteiger partial charge in [-0.1, -0.05) is 19.8 Å². The summed E-state index contributed by atoms with van der Waals surface area (Å²) in [6.07, 6.45) is 8.03. The number of piperidine rings is 1. The maximum absolute atomic E-state index is 10.6. The van der Waals surface area contributed by atoms with Gasteiger partial charge in [-0.2, -0.15) is 0 Å². The Bertz CT molecular complexity index is 136. The van der Waals surface area contributed by atoms with Crippen LogP contribution in [0, 0.1) is 0 Å². The van der Waals surface area contributed by atoms with Crippen LogP contribution in [0.25, 0.3) is 0 Å². The molecule has 0 aromatic rings. The van der Waals surface area contributed by atoms with Crippen molar-refractivity contribution >= 4 is 6.29 Å². The molecular weight excluding hydrogens is 150 g/mol. The van der Waals surface area contributed by atoms with Gasteiger partial charge < -0.3 is 0 Å². The van der Waals surface area contributed by atoms with Crippen molar-refractivity contribution in [3.05, 3.63) is 0 Å². The third-order valence-corrected chi connectivity index (χ3v) is 2.55. The van der Waals surface area contributed by atoms with Crippen molar-refractivity contribution in [1.29, 1.82) is 0 Å². The Hall–Kier alpha value is -0.370. The van der Waals surface area contributed by atoms with Gasteiger partial charge in [-0.15, -0.1) is 0 Å². The maximum atomic E-state index is 10.6. The summed E-state index contributed by atoms with van der Waals surface area (Å²) in [7, 11) is 0. The highest BCUT2D eigenvalue weighted by atomic mass is 16.1. The largest absolute Gasteiger partial charge is 0.293 e. The SMILES string of the molecule is CCCCN1CCCC[C@H]1[C]=O. The van der Waals surface area contributed by atoms with Gasteiger partial charge in [-0.25, -0.2) is 0 Å². The van der Waals surface area contributed by atoms with Crippen LogP contribution in [0.2, 0.25) is 0 Å². The van der Waals surface area contributed by atoms with E-state index in [4.69, 9.17) is 0 Å². The number of hydrogen-bond acceptors (Lipinski definition) is 2. The van der Waals surface area contributed by atoms with E-state index >= 15 is 0 Å². The lowest BCUT2D eigenvalue weighted by Gasteiger charge is -2.31. The first kappa shape index (κ1) is 9.72. The van der Waals surface area contributed by atoms with Crippen LogP contribution in [0.3, 0.4) is 0 Å². The first-order valence-corrected chi connectivity index (χ1v) is 5.00. The number of hydrogen-bond donors (Lipinski definition) is 0. The fourth-order valence-electron chi connectivity index (χ4n) is 1.75. The highest BCUT2D eigenvalue weighted by molar-refractivity contribution is 5.58. The Morgan fingerprint density at radius 2 is 2.33 bits per heavy atom. The van der Waals surface area contributed by atoms with E-state index in [1.165, 1.54) is 25.7 Å². The molecule has 1 fully saturated rings. The summed E-state index contributed by atoms with van der Waals surface area (Å²) in [4.78, 5) is 12.8. The molecule has 2 nitrogen and oxygen atoms in total. The zero-order chi connectivity index (χ0) is 8.81. The lowest BCUT2D eigenvalue weighted by molar-refractivity contribution is 0.186. The van der Waals surface area contributed by atoms with Gasteiger partial charge in [0.05, 0.1) is 6.04 Å². The minimum absolute atomic E-state index is 0.102. The van der Waals surface area contributed by atoms with Crippen LogP contribution in [0.4, 0.5) is 0 Å². The third-order valence-electron chi connectivity index (χ3n) is 2.55. The molecule has 1 heterocycles. The molecule has 0 amide bonds. The molecule has 0 unspecified atom stereocenters. The molecule has 0 bridgehead atoms. The summed E-state index contributed by atoms with van der Waals surface area (Å²) in [5, 5.41) is 0. The summed E-state index contributed by atoms with van der Waals surface area (Å²) < 4.78 is 0. The second-order valence-corrected chi connectivity index (χ2v) is 3.52. The molecule has 0 saturated carbocycles. The summed E-state index contributed by atoms with van der Waals surface area (Å²) in [5.74, 6) is 0. The van der Waals surface area contributed by atoms with E-state index in [2.05, 4.69) is 18.1 Å². The van der Waals surface area contributed by atoms with Gasteiger partial charge in [-0.3, -0.25) is 9.69 Å². The van der Waals surface area contributed by atoms with Crippen LogP contribution in [-0.2, 0) is 4.79 Å². The molecule has 0 N–H and O–H groups in total. The second-order valence-electron chi connectivity index (χ2n) is 3.52. The van der Waals surface area contributed by atoms with Crippen molar-refractivity contribution in [2.24, 2.45) is 0 Å². The predicted octanol–water partition coefficient (Wildman–Crippen LogP) is 1.75. The van der Waals surface area contributed by atoms with Gasteiger partial charge in [-0.05, 0) is 32.4 Å². The van der Waals surface area contributed by atoms with Gasteiger partial charge in [0.25, 0.3) is 0 Å². The molecule has 12 heavy (non-hydrogen) atoms. The molecule has 2 heteroatoms. The lowest BCUT2D eigenvalue weighted by atomic mass is 10.0. The Kier molecular flexibility index (Phi) is 4.30. The van der Waals surface area contributed by atoms with Gasteiger partial charge >= 0.3 is 0 Å². The van der Waals surface area contributed by atoms with Crippen molar-refractivity contribution in [3.8, 4) is 0 Å². The standard InChI is InChI=1S/C10H18NO/c1-2-3-7-11-8-5-4-6-10(11)9-12/h10H,2-8H2,1H3/t10-/m0/s1. The van der Waals surface area contributed by atoms with Crippen LogP contribution in [0.15, 0.2) is 0 Å². The highest BCUT2D eigenvalue weighted by Gasteiger charge is 2.21. The average molecular weight is 168 g/mol. The van der Waals surface area contributed by atoms with E-state index in [-0.39, 0.29) is 6.04 Å². The van der Waals surface area contributed by atoms with Gasteiger partial charge in [0.15, 0.2) is 0 Å². The van der Waals surface area contributed by atoms with Crippen molar-refractivity contribution in [2.75, 3.05) is 13.1 Å². The molecular formula is C10H18NO. The zero-order valence-electron chi connectivity index (χ0n) is 7.88. The lowest BCUT2D eigenvalue weighted by Crippen LogP contribution is -2.40. The van der Waals surface area contributed by atoms with Crippen molar-refractivity contribution in [3.63, 3.8) is 0 Å². The van der Waals surface area contributed by atoms with Crippen molar-refractivity contribution in [2.45, 2.75) is 45.1 Å². The van der Waals surface area contributed by atoms with Gasteiger partial charge in [0.2, 0.25) is 6.29 Å². The predicted molar refractivity (Wildman–Crippen MR) is 49.8 cm³/mol.